The Morgan fingerprint density at radius 2 is 0.860 bits per heavy atom. The maximum absolute atomic E-state index is 6.83. The molecular formula is C54H35NO2. The van der Waals surface area contributed by atoms with Crippen molar-refractivity contribution in [1.82, 2.24) is 0 Å². The summed E-state index contributed by atoms with van der Waals surface area (Å²) in [5.74, 6) is 2.95. The summed E-state index contributed by atoms with van der Waals surface area (Å²) in [6.45, 7) is 0. The van der Waals surface area contributed by atoms with Crippen LogP contribution >= 0.6 is 0 Å². The van der Waals surface area contributed by atoms with Crippen LogP contribution in [0.4, 0.5) is 17.1 Å². The smallest absolute Gasteiger partial charge is 0.177 e. The zero-order chi connectivity index (χ0) is 37.7. The summed E-state index contributed by atoms with van der Waals surface area (Å²) in [5.41, 5.74) is 9.80. The van der Waals surface area contributed by atoms with E-state index >= 15 is 0 Å². The van der Waals surface area contributed by atoms with Gasteiger partial charge in [0, 0.05) is 22.5 Å². The molecule has 3 heteroatoms. The predicted molar refractivity (Wildman–Crippen MR) is 237 cm³/mol. The van der Waals surface area contributed by atoms with Gasteiger partial charge in [-0.1, -0.05) is 158 Å². The average molecular weight is 730 g/mol. The van der Waals surface area contributed by atoms with Crippen LogP contribution in [0.3, 0.4) is 0 Å². The van der Waals surface area contributed by atoms with E-state index < -0.39 is 0 Å². The molecule has 1 heterocycles. The normalized spacial score (nSPS) is 11.8. The van der Waals surface area contributed by atoms with E-state index in [1.165, 1.54) is 32.7 Å². The number of ether oxygens (including phenoxy) is 2. The van der Waals surface area contributed by atoms with Crippen molar-refractivity contribution in [2.75, 3.05) is 4.90 Å². The van der Waals surface area contributed by atoms with Crippen LogP contribution < -0.4 is 14.4 Å². The number of para-hydroxylation sites is 3. The van der Waals surface area contributed by atoms with Crippen LogP contribution in [0, 0.1) is 0 Å². The van der Waals surface area contributed by atoms with Gasteiger partial charge in [-0.2, -0.15) is 0 Å². The van der Waals surface area contributed by atoms with Crippen LogP contribution in [0.2, 0.25) is 0 Å². The highest BCUT2D eigenvalue weighted by Crippen LogP contribution is 2.52. The van der Waals surface area contributed by atoms with Crippen molar-refractivity contribution < 1.29 is 9.47 Å². The lowest BCUT2D eigenvalue weighted by molar-refractivity contribution is 0.441. The van der Waals surface area contributed by atoms with E-state index in [9.17, 15) is 0 Å². The molecule has 0 saturated carbocycles. The number of anilines is 3. The van der Waals surface area contributed by atoms with Gasteiger partial charge >= 0.3 is 0 Å². The summed E-state index contributed by atoms with van der Waals surface area (Å²) < 4.78 is 13.4. The Morgan fingerprint density at radius 3 is 1.65 bits per heavy atom. The minimum atomic E-state index is 0.685. The summed E-state index contributed by atoms with van der Waals surface area (Å²) in [5, 5.41) is 7.07. The Balaban J connectivity index is 1.05. The molecule has 0 bridgehead atoms. The van der Waals surface area contributed by atoms with Crippen molar-refractivity contribution in [3.63, 3.8) is 0 Å². The molecule has 0 amide bonds. The number of hydrogen-bond donors (Lipinski definition) is 0. The van der Waals surface area contributed by atoms with Gasteiger partial charge in [0.2, 0.25) is 0 Å². The molecule has 11 rings (SSSR count). The van der Waals surface area contributed by atoms with E-state index in [0.717, 1.165) is 61.6 Å². The quantitative estimate of drug-likeness (QED) is 0.159. The first-order valence-corrected chi connectivity index (χ1v) is 19.3. The molecule has 0 aliphatic carbocycles. The van der Waals surface area contributed by atoms with Gasteiger partial charge < -0.3 is 14.4 Å². The number of fused-ring (bicyclic) bond motifs is 4. The standard InChI is InChI=1S/C54H35NO2/c1-2-18-39(19-3-1)55(40-33-31-36(32-34-40)48-35-38-15-4-5-20-41(38)42-21-6-9-24-45(42)48)49-27-11-10-25-46(49)43-22-7-8-23-44(43)47-26-14-30-52-54(47)57-51-29-13-17-37-16-12-28-50(56-52)53(37)51/h1-35H. The van der Waals surface area contributed by atoms with Gasteiger partial charge in [0.25, 0.3) is 0 Å². The molecule has 57 heavy (non-hydrogen) atoms. The zero-order valence-corrected chi connectivity index (χ0v) is 31.0. The van der Waals surface area contributed by atoms with Crippen LogP contribution in [-0.2, 0) is 0 Å². The van der Waals surface area contributed by atoms with E-state index in [4.69, 9.17) is 9.47 Å². The van der Waals surface area contributed by atoms with Gasteiger partial charge in [-0.25, -0.2) is 0 Å². The van der Waals surface area contributed by atoms with Crippen LogP contribution in [0.5, 0.6) is 23.0 Å². The van der Waals surface area contributed by atoms with E-state index in [1.54, 1.807) is 0 Å². The number of benzene rings is 10. The lowest BCUT2D eigenvalue weighted by atomic mass is 9.92. The number of nitrogens with zero attached hydrogens (tertiary/aromatic N) is 1. The van der Waals surface area contributed by atoms with E-state index in [-0.39, 0.29) is 0 Å². The topological polar surface area (TPSA) is 21.7 Å². The van der Waals surface area contributed by atoms with Crippen molar-refractivity contribution in [3.05, 3.63) is 212 Å². The lowest BCUT2D eigenvalue weighted by Gasteiger charge is -2.28. The third-order valence-electron chi connectivity index (χ3n) is 11.1. The molecule has 10 aromatic rings. The second kappa shape index (κ2) is 13.6. The molecule has 0 unspecified atom stereocenters. The molecular weight excluding hydrogens is 695 g/mol. The SMILES string of the molecule is c1ccc(N(c2ccc(-c3cc4ccccc4c4ccccc34)cc2)c2ccccc2-c2ccccc2-c2cccc3c2Oc2cccc4cccc(c24)O3)cc1. The molecule has 0 aromatic heterocycles. The Labute approximate surface area is 331 Å². The Kier molecular flexibility index (Phi) is 7.82. The molecule has 1 aliphatic heterocycles. The van der Waals surface area contributed by atoms with Crippen LogP contribution in [0.25, 0.3) is 65.7 Å². The summed E-state index contributed by atoms with van der Waals surface area (Å²) in [6.07, 6.45) is 0. The third-order valence-corrected chi connectivity index (χ3v) is 11.1. The second-order valence-corrected chi connectivity index (χ2v) is 14.4. The van der Waals surface area contributed by atoms with E-state index in [2.05, 4.69) is 181 Å². The molecule has 0 N–H and O–H groups in total. The fourth-order valence-corrected chi connectivity index (χ4v) is 8.52. The van der Waals surface area contributed by atoms with Gasteiger partial charge in [-0.05, 0) is 104 Å². The molecule has 0 atom stereocenters. The Morgan fingerprint density at radius 1 is 0.316 bits per heavy atom. The Hall–Kier alpha value is -7.62. The fourth-order valence-electron chi connectivity index (χ4n) is 8.52. The second-order valence-electron chi connectivity index (χ2n) is 14.4. The zero-order valence-electron chi connectivity index (χ0n) is 31.0. The first-order valence-electron chi connectivity index (χ1n) is 19.3. The lowest BCUT2D eigenvalue weighted by Crippen LogP contribution is -2.11. The van der Waals surface area contributed by atoms with Crippen LogP contribution in [-0.4, -0.2) is 0 Å². The fraction of sp³-hybridized carbons (Fsp3) is 0. The molecule has 0 fully saturated rings. The van der Waals surface area contributed by atoms with Crippen LogP contribution in [0.15, 0.2) is 212 Å². The van der Waals surface area contributed by atoms with Gasteiger partial charge in [0.15, 0.2) is 11.5 Å². The first-order chi connectivity index (χ1) is 28.3. The summed E-state index contributed by atoms with van der Waals surface area (Å²) in [6, 6.07) is 75.0. The maximum Gasteiger partial charge on any atom is 0.177 e. The molecule has 10 aromatic carbocycles. The maximum atomic E-state index is 6.83. The van der Waals surface area contributed by atoms with Crippen LogP contribution in [0.1, 0.15) is 0 Å². The number of rotatable bonds is 6. The van der Waals surface area contributed by atoms with Crippen molar-refractivity contribution in [1.29, 1.82) is 0 Å². The predicted octanol–water partition coefficient (Wildman–Crippen LogP) is 15.5. The Bertz CT molecular complexity index is 3130. The largest absolute Gasteiger partial charge is 0.453 e. The average Bonchev–Trinajstić information content (AvgIpc) is 3.45. The van der Waals surface area contributed by atoms with Gasteiger partial charge in [0.1, 0.15) is 11.5 Å². The molecule has 268 valence electrons. The van der Waals surface area contributed by atoms with Gasteiger partial charge in [-0.15, -0.1) is 0 Å². The van der Waals surface area contributed by atoms with Crippen molar-refractivity contribution in [2.24, 2.45) is 0 Å². The first kappa shape index (κ1) is 32.8. The van der Waals surface area contributed by atoms with Crippen molar-refractivity contribution >= 4 is 49.4 Å². The highest BCUT2D eigenvalue weighted by molar-refractivity contribution is 6.13. The van der Waals surface area contributed by atoms with Gasteiger partial charge in [0.05, 0.1) is 11.1 Å². The summed E-state index contributed by atoms with van der Waals surface area (Å²) in [7, 11) is 0. The van der Waals surface area contributed by atoms with Gasteiger partial charge in [-0.3, -0.25) is 0 Å². The molecule has 1 aliphatic rings. The molecule has 0 spiro atoms. The minimum absolute atomic E-state index is 0.685. The minimum Gasteiger partial charge on any atom is -0.453 e. The highest BCUT2D eigenvalue weighted by Gasteiger charge is 2.25. The molecule has 0 saturated heterocycles. The monoisotopic (exact) mass is 729 g/mol. The van der Waals surface area contributed by atoms with Crippen molar-refractivity contribution in [3.8, 4) is 56.4 Å². The van der Waals surface area contributed by atoms with E-state index in [1.807, 2.05) is 36.4 Å². The summed E-state index contributed by atoms with van der Waals surface area (Å²) in [4.78, 5) is 2.36. The molecule has 3 nitrogen and oxygen atoms in total. The summed E-state index contributed by atoms with van der Waals surface area (Å²) >= 11 is 0. The third kappa shape index (κ3) is 5.60. The number of hydrogen-bond acceptors (Lipinski definition) is 3. The van der Waals surface area contributed by atoms with Crippen molar-refractivity contribution in [2.45, 2.75) is 0 Å². The van der Waals surface area contributed by atoms with E-state index in [0.29, 0.717) is 11.5 Å². The molecule has 0 radical (unpaired) electrons. The highest BCUT2D eigenvalue weighted by atomic mass is 16.5.